The van der Waals surface area contributed by atoms with E-state index in [2.05, 4.69) is 15.1 Å². The van der Waals surface area contributed by atoms with Crippen LogP contribution in [0.25, 0.3) is 0 Å². The lowest BCUT2D eigenvalue weighted by molar-refractivity contribution is -0.139. The Morgan fingerprint density at radius 2 is 2.07 bits per heavy atom. The summed E-state index contributed by atoms with van der Waals surface area (Å²) in [6, 6.07) is 1.79. The summed E-state index contributed by atoms with van der Waals surface area (Å²) in [5, 5.41) is 4.23. The Morgan fingerprint density at radius 1 is 1.21 bits per heavy atom. The van der Waals surface area contributed by atoms with Gasteiger partial charge in [0.15, 0.2) is 0 Å². The molecule has 1 spiro atoms. The molecule has 1 atom stereocenters. The van der Waals surface area contributed by atoms with Crippen LogP contribution in [0.4, 0.5) is 0 Å². The predicted molar refractivity (Wildman–Crippen MR) is 107 cm³/mol. The molecular weight excluding hydrogens is 368 g/mol. The van der Waals surface area contributed by atoms with Gasteiger partial charge in [0.05, 0.1) is 24.1 Å². The number of carbonyl (C=O) groups excluding carboxylic acids is 2. The number of likely N-dealkylation sites (tertiary alicyclic amines) is 2. The van der Waals surface area contributed by atoms with Gasteiger partial charge in [0.1, 0.15) is 5.69 Å². The first-order valence-corrected chi connectivity index (χ1v) is 10.4. The fourth-order valence-electron chi connectivity index (χ4n) is 4.59. The topological polar surface area (TPSA) is 84.2 Å². The van der Waals surface area contributed by atoms with Crippen LogP contribution in [0.15, 0.2) is 24.7 Å². The van der Waals surface area contributed by atoms with Crippen LogP contribution in [0.2, 0.25) is 0 Å². The molecule has 154 valence electrons. The lowest BCUT2D eigenvalue weighted by atomic mass is 9.73. The molecule has 2 amide bonds. The highest BCUT2D eigenvalue weighted by Gasteiger charge is 2.43. The summed E-state index contributed by atoms with van der Waals surface area (Å²) in [4.78, 5) is 38.2. The second-order valence-corrected chi connectivity index (χ2v) is 8.26. The van der Waals surface area contributed by atoms with Crippen LogP contribution in [0, 0.1) is 12.3 Å². The molecule has 2 aromatic heterocycles. The normalized spacial score (nSPS) is 22.3. The van der Waals surface area contributed by atoms with E-state index in [0.717, 1.165) is 37.2 Å². The second kappa shape index (κ2) is 7.93. The maximum absolute atomic E-state index is 13.1. The van der Waals surface area contributed by atoms with Gasteiger partial charge in [-0.1, -0.05) is 0 Å². The SMILES string of the molecule is CCn1nccc1C(=O)N1CCCC2(CCC(=O)N(Cc3cnc(C)cn3)C2)C1. The highest BCUT2D eigenvalue weighted by molar-refractivity contribution is 5.92. The molecule has 2 fully saturated rings. The van der Waals surface area contributed by atoms with E-state index in [0.29, 0.717) is 38.3 Å². The average Bonchev–Trinajstić information content (AvgIpc) is 3.21. The van der Waals surface area contributed by atoms with E-state index >= 15 is 0 Å². The van der Waals surface area contributed by atoms with Gasteiger partial charge >= 0.3 is 0 Å². The molecule has 4 rings (SSSR count). The Kier molecular flexibility index (Phi) is 5.34. The van der Waals surface area contributed by atoms with E-state index in [9.17, 15) is 9.59 Å². The molecule has 4 heterocycles. The fourth-order valence-corrected chi connectivity index (χ4v) is 4.59. The quantitative estimate of drug-likeness (QED) is 0.790. The number of nitrogens with zero attached hydrogens (tertiary/aromatic N) is 6. The highest BCUT2D eigenvalue weighted by atomic mass is 16.2. The van der Waals surface area contributed by atoms with Gasteiger partial charge in [-0.05, 0) is 39.2 Å². The van der Waals surface area contributed by atoms with Crippen molar-refractivity contribution in [3.05, 3.63) is 41.7 Å². The number of carbonyl (C=O) groups is 2. The third-order valence-corrected chi connectivity index (χ3v) is 6.12. The summed E-state index contributed by atoms with van der Waals surface area (Å²) in [6.45, 7) is 7.14. The zero-order chi connectivity index (χ0) is 20.4. The summed E-state index contributed by atoms with van der Waals surface area (Å²) in [6.07, 6.45) is 8.50. The minimum atomic E-state index is -0.0446. The molecule has 0 bridgehead atoms. The number of aryl methyl sites for hydroxylation is 2. The van der Waals surface area contributed by atoms with Gasteiger partial charge in [-0.3, -0.25) is 24.2 Å². The van der Waals surface area contributed by atoms with Crippen molar-refractivity contribution in [1.82, 2.24) is 29.5 Å². The fraction of sp³-hybridized carbons (Fsp3) is 0.571. The Bertz CT molecular complexity index is 893. The number of hydrogen-bond acceptors (Lipinski definition) is 5. The number of amides is 2. The van der Waals surface area contributed by atoms with Crippen molar-refractivity contribution < 1.29 is 9.59 Å². The first kappa shape index (κ1) is 19.5. The largest absolute Gasteiger partial charge is 0.337 e. The van der Waals surface area contributed by atoms with Crippen molar-refractivity contribution in [1.29, 1.82) is 0 Å². The van der Waals surface area contributed by atoms with E-state index < -0.39 is 0 Å². The molecule has 8 heteroatoms. The van der Waals surface area contributed by atoms with E-state index in [1.807, 2.05) is 23.6 Å². The number of aromatic nitrogens is 4. The van der Waals surface area contributed by atoms with Gasteiger partial charge in [-0.2, -0.15) is 5.10 Å². The Labute approximate surface area is 170 Å². The summed E-state index contributed by atoms with van der Waals surface area (Å²) >= 11 is 0. The van der Waals surface area contributed by atoms with Crippen molar-refractivity contribution in [3.8, 4) is 0 Å². The maximum atomic E-state index is 13.1. The lowest BCUT2D eigenvalue weighted by Crippen LogP contribution is -2.55. The molecule has 1 unspecified atom stereocenters. The van der Waals surface area contributed by atoms with Crippen LogP contribution in [-0.4, -0.2) is 61.0 Å². The van der Waals surface area contributed by atoms with Crippen LogP contribution in [0.5, 0.6) is 0 Å². The van der Waals surface area contributed by atoms with E-state index in [1.165, 1.54) is 0 Å². The number of hydrogen-bond donors (Lipinski definition) is 0. The lowest BCUT2D eigenvalue weighted by Gasteiger charge is -2.48. The van der Waals surface area contributed by atoms with Gasteiger partial charge in [0, 0.05) is 50.4 Å². The zero-order valence-corrected chi connectivity index (χ0v) is 17.2. The maximum Gasteiger partial charge on any atom is 0.272 e. The zero-order valence-electron chi connectivity index (χ0n) is 17.2. The second-order valence-electron chi connectivity index (χ2n) is 8.26. The van der Waals surface area contributed by atoms with Gasteiger partial charge in [0.25, 0.3) is 5.91 Å². The number of piperidine rings is 2. The first-order chi connectivity index (χ1) is 14.0. The van der Waals surface area contributed by atoms with Gasteiger partial charge in [-0.25, -0.2) is 0 Å². The Hall–Kier alpha value is -2.77. The van der Waals surface area contributed by atoms with Crippen LogP contribution >= 0.6 is 0 Å². The number of rotatable bonds is 4. The summed E-state index contributed by atoms with van der Waals surface area (Å²) in [7, 11) is 0. The van der Waals surface area contributed by atoms with Crippen LogP contribution in [0.3, 0.4) is 0 Å². The molecule has 0 saturated carbocycles. The summed E-state index contributed by atoms with van der Waals surface area (Å²) in [5.41, 5.74) is 2.26. The first-order valence-electron chi connectivity index (χ1n) is 10.4. The Morgan fingerprint density at radius 3 is 2.83 bits per heavy atom. The third-order valence-electron chi connectivity index (χ3n) is 6.12. The minimum absolute atomic E-state index is 0.0382. The summed E-state index contributed by atoms with van der Waals surface area (Å²) in [5.74, 6) is 0.196. The minimum Gasteiger partial charge on any atom is -0.337 e. The van der Waals surface area contributed by atoms with Gasteiger partial charge in [0.2, 0.25) is 5.91 Å². The van der Waals surface area contributed by atoms with Crippen molar-refractivity contribution in [2.45, 2.75) is 52.6 Å². The molecule has 2 aromatic rings. The van der Waals surface area contributed by atoms with Gasteiger partial charge < -0.3 is 9.80 Å². The molecule has 2 aliphatic heterocycles. The summed E-state index contributed by atoms with van der Waals surface area (Å²) < 4.78 is 1.75. The van der Waals surface area contributed by atoms with Crippen molar-refractivity contribution >= 4 is 11.8 Å². The van der Waals surface area contributed by atoms with Crippen LogP contribution < -0.4 is 0 Å². The van der Waals surface area contributed by atoms with Crippen LogP contribution in [-0.2, 0) is 17.9 Å². The van der Waals surface area contributed by atoms with Crippen LogP contribution in [0.1, 0.15) is 54.5 Å². The molecule has 29 heavy (non-hydrogen) atoms. The average molecular weight is 396 g/mol. The predicted octanol–water partition coefficient (Wildman–Crippen LogP) is 2.05. The molecule has 2 aliphatic rings. The molecule has 0 N–H and O–H groups in total. The van der Waals surface area contributed by atoms with Crippen molar-refractivity contribution in [2.24, 2.45) is 5.41 Å². The van der Waals surface area contributed by atoms with E-state index in [4.69, 9.17) is 0 Å². The standard InChI is InChI=1S/C21H28N6O2/c1-3-27-18(6-9-24-27)20(29)25-10-4-7-21(14-25)8-5-19(28)26(15-21)13-17-12-22-16(2)11-23-17/h6,9,11-12H,3-5,7-8,10,13-15H2,1-2H3. The van der Waals surface area contributed by atoms with Crippen molar-refractivity contribution in [3.63, 3.8) is 0 Å². The van der Waals surface area contributed by atoms with E-state index in [-0.39, 0.29) is 17.2 Å². The van der Waals surface area contributed by atoms with Crippen molar-refractivity contribution in [2.75, 3.05) is 19.6 Å². The molecule has 0 aliphatic carbocycles. The molecule has 0 radical (unpaired) electrons. The molecule has 8 nitrogen and oxygen atoms in total. The van der Waals surface area contributed by atoms with Gasteiger partial charge in [-0.15, -0.1) is 0 Å². The third kappa shape index (κ3) is 4.02. The molecule has 0 aromatic carbocycles. The molecule has 2 saturated heterocycles. The van der Waals surface area contributed by atoms with E-state index in [1.54, 1.807) is 29.3 Å². The monoisotopic (exact) mass is 396 g/mol. The smallest absolute Gasteiger partial charge is 0.272 e. The Balaban J connectivity index is 1.48. The molecular formula is C21H28N6O2. The highest BCUT2D eigenvalue weighted by Crippen LogP contribution is 2.39.